The first-order chi connectivity index (χ1) is 8.19. The van der Waals surface area contributed by atoms with Gasteiger partial charge in [0.25, 0.3) is 0 Å². The lowest BCUT2D eigenvalue weighted by Gasteiger charge is -2.20. The average molecular weight is 272 g/mol. The molecule has 1 unspecified atom stereocenters. The lowest BCUT2D eigenvalue weighted by Crippen LogP contribution is -2.32. The van der Waals surface area contributed by atoms with Crippen LogP contribution in [-0.4, -0.2) is 30.5 Å². The highest BCUT2D eigenvalue weighted by atomic mass is 32.2. The zero-order valence-corrected chi connectivity index (χ0v) is 12.7. The summed E-state index contributed by atoms with van der Waals surface area (Å²) in [5.41, 5.74) is 1.11. The second-order valence-electron chi connectivity index (χ2n) is 5.57. The van der Waals surface area contributed by atoms with E-state index in [1.54, 1.807) is 20.8 Å². The Balaban J connectivity index is 2.80. The Morgan fingerprint density at radius 1 is 1.39 bits per heavy atom. The van der Waals surface area contributed by atoms with Gasteiger partial charge < -0.3 is 9.88 Å². The highest BCUT2D eigenvalue weighted by Gasteiger charge is 2.28. The van der Waals surface area contributed by atoms with Crippen molar-refractivity contribution in [3.8, 4) is 0 Å². The number of hydrogen-bond acceptors (Lipinski definition) is 3. The largest absolute Gasteiger partial charge is 0.349 e. The number of sulfone groups is 1. The molecular weight excluding hydrogens is 248 g/mol. The van der Waals surface area contributed by atoms with Crippen LogP contribution in [0.25, 0.3) is 0 Å². The molecule has 1 heterocycles. The molecule has 0 fully saturated rings. The van der Waals surface area contributed by atoms with Crippen molar-refractivity contribution >= 4 is 9.84 Å². The van der Waals surface area contributed by atoms with Crippen LogP contribution in [0.2, 0.25) is 0 Å². The molecule has 0 aliphatic rings. The molecule has 0 bridgehead atoms. The highest BCUT2D eigenvalue weighted by molar-refractivity contribution is 7.92. The van der Waals surface area contributed by atoms with Crippen LogP contribution in [-0.2, 0) is 16.4 Å². The Kier molecular flexibility index (Phi) is 4.61. The number of hydrogen-bond donors (Lipinski definition) is 1. The summed E-state index contributed by atoms with van der Waals surface area (Å²) in [5.74, 6) is 0.175. The van der Waals surface area contributed by atoms with Crippen molar-refractivity contribution in [2.45, 2.75) is 45.0 Å². The molecule has 104 valence electrons. The second-order valence-corrected chi connectivity index (χ2v) is 8.43. The van der Waals surface area contributed by atoms with E-state index < -0.39 is 14.6 Å². The minimum absolute atomic E-state index is 0.175. The van der Waals surface area contributed by atoms with Crippen LogP contribution >= 0.6 is 0 Å². The number of nitrogens with one attached hydrogen (secondary N) is 1. The molecule has 1 aromatic heterocycles. The van der Waals surface area contributed by atoms with Gasteiger partial charge in [0.05, 0.1) is 10.5 Å². The summed E-state index contributed by atoms with van der Waals surface area (Å²) in [6, 6.07) is 4.19. The fourth-order valence-electron chi connectivity index (χ4n) is 1.70. The van der Waals surface area contributed by atoms with E-state index in [4.69, 9.17) is 0 Å². The molecule has 1 atom stereocenters. The molecule has 1 aromatic rings. The summed E-state index contributed by atoms with van der Waals surface area (Å²) in [4.78, 5) is 0. The summed E-state index contributed by atoms with van der Waals surface area (Å²) in [6.45, 7) is 7.80. The number of nitrogens with zero attached hydrogens (tertiary/aromatic N) is 1. The van der Waals surface area contributed by atoms with Crippen molar-refractivity contribution in [3.05, 3.63) is 24.0 Å². The summed E-state index contributed by atoms with van der Waals surface area (Å²) >= 11 is 0. The zero-order chi connectivity index (χ0) is 14.0. The predicted molar refractivity (Wildman–Crippen MR) is 75.4 cm³/mol. The van der Waals surface area contributed by atoms with Gasteiger partial charge in [0.15, 0.2) is 9.84 Å². The molecule has 0 saturated heterocycles. The summed E-state index contributed by atoms with van der Waals surface area (Å²) < 4.78 is 25.5. The SMILES string of the molecule is CNC(C)c1cccn1CCS(=O)(=O)C(C)(C)C. The Labute approximate surface area is 110 Å². The van der Waals surface area contributed by atoms with Gasteiger partial charge in [-0.15, -0.1) is 0 Å². The van der Waals surface area contributed by atoms with Gasteiger partial charge in [-0.1, -0.05) is 0 Å². The average Bonchev–Trinajstić information content (AvgIpc) is 2.72. The van der Waals surface area contributed by atoms with Gasteiger partial charge in [0.2, 0.25) is 0 Å². The Hall–Kier alpha value is -0.810. The number of aromatic nitrogens is 1. The van der Waals surface area contributed by atoms with Crippen LogP contribution < -0.4 is 5.32 Å². The van der Waals surface area contributed by atoms with Crippen molar-refractivity contribution in [3.63, 3.8) is 0 Å². The van der Waals surface area contributed by atoms with Gasteiger partial charge in [0, 0.05) is 24.5 Å². The quantitative estimate of drug-likeness (QED) is 0.891. The molecule has 0 amide bonds. The Morgan fingerprint density at radius 3 is 2.50 bits per heavy atom. The van der Waals surface area contributed by atoms with Crippen LogP contribution in [0, 0.1) is 0 Å². The normalized spacial score (nSPS) is 14.7. The van der Waals surface area contributed by atoms with E-state index in [0.29, 0.717) is 6.54 Å². The molecule has 0 aromatic carbocycles. The van der Waals surface area contributed by atoms with E-state index in [-0.39, 0.29) is 11.8 Å². The molecule has 1 N–H and O–H groups in total. The van der Waals surface area contributed by atoms with Gasteiger partial charge in [-0.05, 0) is 46.9 Å². The zero-order valence-electron chi connectivity index (χ0n) is 11.9. The molecule has 0 radical (unpaired) electrons. The third-order valence-corrected chi connectivity index (χ3v) is 5.86. The highest BCUT2D eigenvalue weighted by Crippen LogP contribution is 2.18. The van der Waals surface area contributed by atoms with Crippen molar-refractivity contribution in [2.75, 3.05) is 12.8 Å². The second kappa shape index (κ2) is 5.45. The predicted octanol–water partition coefficient (Wildman–Crippen LogP) is 1.98. The van der Waals surface area contributed by atoms with Crippen molar-refractivity contribution in [1.82, 2.24) is 9.88 Å². The summed E-state index contributed by atoms with van der Waals surface area (Å²) in [6.07, 6.45) is 1.93. The van der Waals surface area contributed by atoms with Crippen LogP contribution in [0.5, 0.6) is 0 Å². The first-order valence-electron chi connectivity index (χ1n) is 6.23. The smallest absolute Gasteiger partial charge is 0.156 e. The van der Waals surface area contributed by atoms with E-state index in [1.165, 1.54) is 0 Å². The standard InChI is InChI=1S/C13H24N2O2S/c1-11(14-5)12-7-6-8-15(12)9-10-18(16,17)13(2,3)4/h6-8,11,14H,9-10H2,1-5H3. The van der Waals surface area contributed by atoms with Gasteiger partial charge in [0.1, 0.15) is 0 Å². The van der Waals surface area contributed by atoms with Gasteiger partial charge >= 0.3 is 0 Å². The maximum atomic E-state index is 12.1. The fourth-order valence-corrected chi connectivity index (χ4v) is 2.75. The molecule has 0 saturated carbocycles. The van der Waals surface area contributed by atoms with E-state index in [9.17, 15) is 8.42 Å². The van der Waals surface area contributed by atoms with Gasteiger partial charge in [-0.25, -0.2) is 8.42 Å². The third-order valence-electron chi connectivity index (χ3n) is 3.28. The van der Waals surface area contributed by atoms with Crippen LogP contribution in [0.3, 0.4) is 0 Å². The van der Waals surface area contributed by atoms with E-state index >= 15 is 0 Å². The monoisotopic (exact) mass is 272 g/mol. The molecule has 0 aliphatic heterocycles. The fraction of sp³-hybridized carbons (Fsp3) is 0.692. The Bertz CT molecular complexity index is 483. The Morgan fingerprint density at radius 2 is 2.00 bits per heavy atom. The molecule has 1 rings (SSSR count). The topological polar surface area (TPSA) is 51.1 Å². The number of rotatable bonds is 5. The van der Waals surface area contributed by atoms with Crippen LogP contribution in [0.4, 0.5) is 0 Å². The molecule has 0 spiro atoms. The number of aryl methyl sites for hydroxylation is 1. The van der Waals surface area contributed by atoms with Crippen LogP contribution in [0.15, 0.2) is 18.3 Å². The summed E-state index contributed by atoms with van der Waals surface area (Å²) in [5, 5.41) is 3.16. The van der Waals surface area contributed by atoms with E-state index in [0.717, 1.165) is 5.69 Å². The minimum atomic E-state index is -3.06. The maximum absolute atomic E-state index is 12.1. The minimum Gasteiger partial charge on any atom is -0.349 e. The molecule has 0 aliphatic carbocycles. The van der Waals surface area contributed by atoms with E-state index in [2.05, 4.69) is 12.2 Å². The summed E-state index contributed by atoms with van der Waals surface area (Å²) in [7, 11) is -1.17. The lowest BCUT2D eigenvalue weighted by molar-refractivity contribution is 0.545. The van der Waals surface area contributed by atoms with Crippen molar-refractivity contribution in [2.24, 2.45) is 0 Å². The first kappa shape index (κ1) is 15.2. The van der Waals surface area contributed by atoms with Gasteiger partial charge in [-0.3, -0.25) is 0 Å². The molecule has 5 heteroatoms. The van der Waals surface area contributed by atoms with Crippen LogP contribution in [0.1, 0.15) is 39.4 Å². The van der Waals surface area contributed by atoms with Crippen molar-refractivity contribution < 1.29 is 8.42 Å². The van der Waals surface area contributed by atoms with Crippen molar-refractivity contribution in [1.29, 1.82) is 0 Å². The molecule has 18 heavy (non-hydrogen) atoms. The maximum Gasteiger partial charge on any atom is 0.156 e. The first-order valence-corrected chi connectivity index (χ1v) is 7.89. The van der Waals surface area contributed by atoms with E-state index in [1.807, 2.05) is 29.9 Å². The van der Waals surface area contributed by atoms with Gasteiger partial charge in [-0.2, -0.15) is 0 Å². The molecular formula is C13H24N2O2S. The third kappa shape index (κ3) is 3.36. The lowest BCUT2D eigenvalue weighted by atomic mass is 10.2. The molecule has 4 nitrogen and oxygen atoms in total.